The van der Waals surface area contributed by atoms with Crippen LogP contribution in [0, 0.1) is 0 Å². The van der Waals surface area contributed by atoms with Crippen molar-refractivity contribution in [1.82, 2.24) is 4.31 Å². The Kier molecular flexibility index (Phi) is 2.44. The summed E-state index contributed by atoms with van der Waals surface area (Å²) in [7, 11) is 1.62. The molecule has 0 spiro atoms. The number of carbonyl (C=O) groups excluding carboxylic acids is 1. The van der Waals surface area contributed by atoms with Crippen LogP contribution in [0.15, 0.2) is 4.51 Å². The van der Waals surface area contributed by atoms with E-state index in [2.05, 4.69) is 4.51 Å². The van der Waals surface area contributed by atoms with Crippen molar-refractivity contribution in [3.05, 3.63) is 0 Å². The first-order valence-electron chi connectivity index (χ1n) is 2.44. The van der Waals surface area contributed by atoms with E-state index in [1.54, 1.807) is 7.05 Å². The number of rotatable bonds is 0. The van der Waals surface area contributed by atoms with Gasteiger partial charge in [-0.2, -0.15) is 4.51 Å². The van der Waals surface area contributed by atoms with Crippen molar-refractivity contribution in [3.8, 4) is 0 Å². The van der Waals surface area contributed by atoms with Gasteiger partial charge in [0.15, 0.2) is 5.71 Å². The van der Waals surface area contributed by atoms with Gasteiger partial charge in [0.25, 0.3) is 5.91 Å². The summed E-state index contributed by atoms with van der Waals surface area (Å²) in [5, 5.41) is 0. The molecule has 0 bridgehead atoms. The van der Waals surface area contributed by atoms with Crippen LogP contribution in [0.25, 0.3) is 0 Å². The van der Waals surface area contributed by atoms with E-state index in [1.807, 2.05) is 0 Å². The molecule has 1 aliphatic heterocycles. The molecule has 1 saturated heterocycles. The Balaban J connectivity index is 2.85. The van der Waals surface area contributed by atoms with Crippen molar-refractivity contribution in [2.45, 2.75) is 4.71 Å². The lowest BCUT2D eigenvalue weighted by atomic mass is 10.4. The van der Waals surface area contributed by atoms with Gasteiger partial charge in [-0.15, -0.1) is 11.6 Å². The number of alkyl halides is 1. The van der Waals surface area contributed by atoms with Gasteiger partial charge in [0.1, 0.15) is 4.71 Å². The minimum atomic E-state index is -0.435. The lowest BCUT2D eigenvalue weighted by Gasteiger charge is -2.01. The van der Waals surface area contributed by atoms with E-state index in [4.69, 9.17) is 23.4 Å². The number of halogens is 2. The van der Waals surface area contributed by atoms with E-state index in [0.717, 1.165) is 0 Å². The molecule has 6 heteroatoms. The molecule has 1 rings (SSSR count). The normalized spacial score (nSPS) is 30.3. The predicted octanol–water partition coefficient (Wildman–Crippen LogP) is 1.27. The molecule has 1 atom stereocenters. The molecular weight excluding hydrogens is 195 g/mol. The molecular formula is C4H4Cl2N2OS. The summed E-state index contributed by atoms with van der Waals surface area (Å²) in [5.74, 6) is -0.222. The van der Waals surface area contributed by atoms with Crippen molar-refractivity contribution >= 4 is 46.9 Å². The molecule has 1 heterocycles. The molecule has 0 saturated carbocycles. The summed E-state index contributed by atoms with van der Waals surface area (Å²) in [4.78, 5) is 11.0. The molecule has 3 nitrogen and oxygen atoms in total. The van der Waals surface area contributed by atoms with Gasteiger partial charge in [-0.25, -0.2) is 0 Å². The molecule has 0 N–H and O–H groups in total. The van der Waals surface area contributed by atoms with Crippen LogP contribution in [0.3, 0.4) is 0 Å². The Hall–Kier alpha value is 0.0700. The Morgan fingerprint density at radius 3 is 2.60 bits per heavy atom. The Labute approximate surface area is 72.6 Å². The van der Waals surface area contributed by atoms with E-state index in [-0.39, 0.29) is 11.6 Å². The number of amides is 1. The van der Waals surface area contributed by atoms with Crippen LogP contribution in [-0.2, 0) is 4.79 Å². The first-order valence-corrected chi connectivity index (χ1v) is 4.05. The zero-order chi connectivity index (χ0) is 7.72. The summed E-state index contributed by atoms with van der Waals surface area (Å²) >= 11 is 12.0. The second kappa shape index (κ2) is 2.98. The fourth-order valence-corrected chi connectivity index (χ4v) is 2.07. The second-order valence-corrected chi connectivity index (χ2v) is 3.79. The number of nitrogens with zero attached hydrogens (tertiary/aromatic N) is 2. The van der Waals surface area contributed by atoms with E-state index in [1.165, 1.54) is 16.3 Å². The zero-order valence-electron chi connectivity index (χ0n) is 5.04. The fourth-order valence-electron chi connectivity index (χ4n) is 0.570. The summed E-state index contributed by atoms with van der Waals surface area (Å²) in [6.45, 7) is 0. The molecule has 1 aliphatic rings. The first-order chi connectivity index (χ1) is 4.66. The maximum absolute atomic E-state index is 11.0. The van der Waals surface area contributed by atoms with Gasteiger partial charge in [0.2, 0.25) is 0 Å². The van der Waals surface area contributed by atoms with Crippen LogP contribution < -0.4 is 0 Å². The average molecular weight is 199 g/mol. The molecule has 1 amide bonds. The quantitative estimate of drug-likeness (QED) is 0.434. The minimum Gasteiger partial charge on any atom is -0.283 e. The molecule has 0 radical (unpaired) electrons. The van der Waals surface area contributed by atoms with Crippen LogP contribution in [-0.4, -0.2) is 27.7 Å². The molecule has 0 aliphatic carbocycles. The van der Waals surface area contributed by atoms with Crippen LogP contribution in [0.4, 0.5) is 0 Å². The molecule has 0 aromatic heterocycles. The molecule has 56 valence electrons. The second-order valence-electron chi connectivity index (χ2n) is 1.69. The highest BCUT2D eigenvalue weighted by Gasteiger charge is 2.34. The summed E-state index contributed by atoms with van der Waals surface area (Å²) in [6, 6.07) is 0. The van der Waals surface area contributed by atoms with Crippen molar-refractivity contribution in [3.63, 3.8) is 0 Å². The highest BCUT2D eigenvalue weighted by molar-refractivity contribution is 8.01. The number of carbonyl (C=O) groups is 1. The van der Waals surface area contributed by atoms with Gasteiger partial charge in [0, 0.05) is 18.8 Å². The Morgan fingerprint density at radius 1 is 1.80 bits per heavy atom. The van der Waals surface area contributed by atoms with E-state index >= 15 is 0 Å². The SMILES string of the molecule is CN1SC(Cl)C(=NCl)C1=O. The standard InChI is InChI=1S/C4H4Cl2N2OS/c1-8-4(9)2(7-6)3(5)10-8/h3H,1H3. The van der Waals surface area contributed by atoms with Crippen LogP contribution in [0.5, 0.6) is 0 Å². The van der Waals surface area contributed by atoms with Crippen LogP contribution >= 0.6 is 35.3 Å². The lowest BCUT2D eigenvalue weighted by Crippen LogP contribution is -2.20. The third-order valence-electron chi connectivity index (χ3n) is 1.06. The number of hydrogen-bond donors (Lipinski definition) is 0. The Morgan fingerprint density at radius 2 is 2.40 bits per heavy atom. The van der Waals surface area contributed by atoms with Crippen molar-refractivity contribution in [1.29, 1.82) is 0 Å². The van der Waals surface area contributed by atoms with Crippen molar-refractivity contribution in [2.75, 3.05) is 7.05 Å². The van der Waals surface area contributed by atoms with E-state index < -0.39 is 4.71 Å². The van der Waals surface area contributed by atoms with Gasteiger partial charge in [-0.05, 0) is 11.9 Å². The molecule has 0 aromatic rings. The van der Waals surface area contributed by atoms with Gasteiger partial charge >= 0.3 is 0 Å². The van der Waals surface area contributed by atoms with Crippen molar-refractivity contribution < 1.29 is 4.79 Å². The third-order valence-corrected chi connectivity index (χ3v) is 2.58. The fraction of sp³-hybridized carbons (Fsp3) is 0.500. The third kappa shape index (κ3) is 1.24. The zero-order valence-corrected chi connectivity index (χ0v) is 7.37. The molecule has 0 aromatic carbocycles. The van der Waals surface area contributed by atoms with Gasteiger partial charge in [0.05, 0.1) is 0 Å². The minimum absolute atomic E-state index is 0.204. The highest BCUT2D eigenvalue weighted by atomic mass is 35.5. The smallest absolute Gasteiger partial charge is 0.281 e. The van der Waals surface area contributed by atoms with Gasteiger partial charge in [-0.1, -0.05) is 0 Å². The van der Waals surface area contributed by atoms with Crippen LogP contribution in [0.2, 0.25) is 0 Å². The van der Waals surface area contributed by atoms with Crippen molar-refractivity contribution in [2.24, 2.45) is 4.51 Å². The monoisotopic (exact) mass is 198 g/mol. The lowest BCUT2D eigenvalue weighted by molar-refractivity contribution is -0.118. The maximum atomic E-state index is 11.0. The van der Waals surface area contributed by atoms with E-state index in [9.17, 15) is 4.79 Å². The summed E-state index contributed by atoms with van der Waals surface area (Å²) in [6.07, 6.45) is 0. The average Bonchev–Trinajstić information content (AvgIpc) is 2.09. The van der Waals surface area contributed by atoms with Crippen LogP contribution in [0.1, 0.15) is 0 Å². The predicted molar refractivity (Wildman–Crippen MR) is 43.3 cm³/mol. The van der Waals surface area contributed by atoms with Gasteiger partial charge < -0.3 is 0 Å². The largest absolute Gasteiger partial charge is 0.283 e. The molecule has 1 unspecified atom stereocenters. The first kappa shape index (κ1) is 8.17. The Bertz CT molecular complexity index is 196. The topological polar surface area (TPSA) is 32.7 Å². The summed E-state index contributed by atoms with van der Waals surface area (Å²) in [5.41, 5.74) is 0.204. The maximum Gasteiger partial charge on any atom is 0.281 e. The highest BCUT2D eigenvalue weighted by Crippen LogP contribution is 2.28. The van der Waals surface area contributed by atoms with Gasteiger partial charge in [-0.3, -0.25) is 9.10 Å². The summed E-state index contributed by atoms with van der Waals surface area (Å²) < 4.78 is 4.21. The number of hydrogen-bond acceptors (Lipinski definition) is 3. The van der Waals surface area contributed by atoms with E-state index in [0.29, 0.717) is 0 Å². The molecule has 1 fully saturated rings. The molecule has 10 heavy (non-hydrogen) atoms.